The molecule has 2 nitrogen and oxygen atoms in total. The van der Waals surface area contributed by atoms with Crippen molar-refractivity contribution in [3.8, 4) is 5.75 Å². The van der Waals surface area contributed by atoms with Crippen molar-refractivity contribution in [2.45, 2.75) is 38.6 Å². The molecule has 0 aliphatic heterocycles. The zero-order valence-electron chi connectivity index (χ0n) is 12.1. The van der Waals surface area contributed by atoms with Crippen molar-refractivity contribution >= 4 is 0 Å². The second kappa shape index (κ2) is 7.34. The van der Waals surface area contributed by atoms with E-state index < -0.39 is 0 Å². The van der Waals surface area contributed by atoms with Gasteiger partial charge in [-0.25, -0.2) is 0 Å². The van der Waals surface area contributed by atoms with Crippen molar-refractivity contribution in [2.75, 3.05) is 13.7 Å². The van der Waals surface area contributed by atoms with Crippen molar-refractivity contribution in [3.05, 3.63) is 42.0 Å². The van der Waals surface area contributed by atoms with Crippen molar-refractivity contribution in [1.29, 1.82) is 0 Å². The summed E-state index contributed by atoms with van der Waals surface area (Å²) in [4.78, 5) is 0. The molecular formula is C17H25NO. The van der Waals surface area contributed by atoms with Gasteiger partial charge in [0.2, 0.25) is 0 Å². The van der Waals surface area contributed by atoms with Crippen LogP contribution in [0.15, 0.2) is 36.4 Å². The summed E-state index contributed by atoms with van der Waals surface area (Å²) in [5.41, 5.74) is 1.37. The van der Waals surface area contributed by atoms with E-state index in [1.54, 1.807) is 7.11 Å². The number of benzene rings is 1. The SMILES string of the molecule is COc1ccc(CC(C)NCC2CC=CCC2)cc1. The number of rotatable bonds is 6. The largest absolute Gasteiger partial charge is 0.497 e. The minimum absolute atomic E-state index is 0.527. The van der Waals surface area contributed by atoms with Gasteiger partial charge in [0.1, 0.15) is 5.75 Å². The summed E-state index contributed by atoms with van der Waals surface area (Å²) in [5, 5.41) is 3.66. The second-order valence-corrected chi connectivity index (χ2v) is 5.51. The molecule has 2 rings (SSSR count). The first kappa shape index (κ1) is 14.1. The van der Waals surface area contributed by atoms with E-state index in [1.807, 2.05) is 12.1 Å². The lowest BCUT2D eigenvalue weighted by Gasteiger charge is -2.21. The quantitative estimate of drug-likeness (QED) is 0.789. The first-order valence-corrected chi connectivity index (χ1v) is 7.29. The van der Waals surface area contributed by atoms with Crippen LogP contribution in [0.4, 0.5) is 0 Å². The smallest absolute Gasteiger partial charge is 0.118 e. The molecule has 0 saturated carbocycles. The summed E-state index contributed by atoms with van der Waals surface area (Å²) < 4.78 is 5.18. The van der Waals surface area contributed by atoms with Crippen molar-refractivity contribution in [3.63, 3.8) is 0 Å². The van der Waals surface area contributed by atoms with Crippen LogP contribution in [0.5, 0.6) is 5.75 Å². The predicted molar refractivity (Wildman–Crippen MR) is 80.6 cm³/mol. The molecule has 0 aromatic heterocycles. The van der Waals surface area contributed by atoms with E-state index in [1.165, 1.54) is 24.8 Å². The maximum Gasteiger partial charge on any atom is 0.118 e. The maximum atomic E-state index is 5.18. The van der Waals surface area contributed by atoms with Gasteiger partial charge >= 0.3 is 0 Å². The Morgan fingerprint density at radius 3 is 2.68 bits per heavy atom. The lowest BCUT2D eigenvalue weighted by atomic mass is 9.94. The Bertz CT molecular complexity index is 396. The monoisotopic (exact) mass is 259 g/mol. The third-order valence-corrected chi connectivity index (χ3v) is 3.83. The van der Waals surface area contributed by atoms with Crippen LogP contribution in [-0.4, -0.2) is 19.7 Å². The van der Waals surface area contributed by atoms with E-state index in [4.69, 9.17) is 4.74 Å². The summed E-state index contributed by atoms with van der Waals surface area (Å²) >= 11 is 0. The minimum atomic E-state index is 0.527. The molecule has 1 aromatic rings. The fourth-order valence-electron chi connectivity index (χ4n) is 2.60. The molecule has 2 heteroatoms. The average molecular weight is 259 g/mol. The number of hydrogen-bond acceptors (Lipinski definition) is 2. The molecule has 1 aliphatic carbocycles. The summed E-state index contributed by atoms with van der Waals surface area (Å²) in [7, 11) is 1.71. The molecule has 1 aliphatic rings. The molecule has 19 heavy (non-hydrogen) atoms. The number of nitrogens with one attached hydrogen (secondary N) is 1. The molecule has 2 atom stereocenters. The molecule has 1 aromatic carbocycles. The third-order valence-electron chi connectivity index (χ3n) is 3.83. The number of hydrogen-bond donors (Lipinski definition) is 1. The fourth-order valence-corrected chi connectivity index (χ4v) is 2.60. The van der Waals surface area contributed by atoms with E-state index in [0.29, 0.717) is 6.04 Å². The summed E-state index contributed by atoms with van der Waals surface area (Å²) in [6, 6.07) is 8.90. The van der Waals surface area contributed by atoms with Crippen LogP contribution >= 0.6 is 0 Å². The van der Waals surface area contributed by atoms with Crippen molar-refractivity contribution in [2.24, 2.45) is 5.92 Å². The van der Waals surface area contributed by atoms with Crippen LogP contribution in [0.25, 0.3) is 0 Å². The highest BCUT2D eigenvalue weighted by Crippen LogP contribution is 2.17. The standard InChI is InChI=1S/C17H25NO/c1-14(18-13-16-6-4-3-5-7-16)12-15-8-10-17(19-2)11-9-15/h3-4,8-11,14,16,18H,5-7,12-13H2,1-2H3. The van der Waals surface area contributed by atoms with Gasteiger partial charge in [-0.15, -0.1) is 0 Å². The van der Waals surface area contributed by atoms with Gasteiger partial charge in [-0.3, -0.25) is 0 Å². The number of methoxy groups -OCH3 is 1. The molecule has 2 unspecified atom stereocenters. The van der Waals surface area contributed by atoms with Gasteiger partial charge in [-0.1, -0.05) is 24.3 Å². The molecule has 0 saturated heterocycles. The molecule has 0 fully saturated rings. The van der Waals surface area contributed by atoms with Gasteiger partial charge in [-0.05, 0) is 62.8 Å². The first-order valence-electron chi connectivity index (χ1n) is 7.29. The van der Waals surface area contributed by atoms with Crippen molar-refractivity contribution in [1.82, 2.24) is 5.32 Å². The zero-order valence-corrected chi connectivity index (χ0v) is 12.1. The van der Waals surface area contributed by atoms with Gasteiger partial charge in [0.25, 0.3) is 0 Å². The Balaban J connectivity index is 1.73. The predicted octanol–water partition coefficient (Wildman–Crippen LogP) is 3.57. The van der Waals surface area contributed by atoms with Gasteiger partial charge in [0.05, 0.1) is 7.11 Å². The number of allylic oxidation sites excluding steroid dienone is 2. The maximum absolute atomic E-state index is 5.18. The van der Waals surface area contributed by atoms with Crippen LogP contribution in [0.2, 0.25) is 0 Å². The second-order valence-electron chi connectivity index (χ2n) is 5.51. The fraction of sp³-hybridized carbons (Fsp3) is 0.529. The summed E-state index contributed by atoms with van der Waals surface area (Å²) in [6.07, 6.45) is 9.52. The van der Waals surface area contributed by atoms with Crippen LogP contribution in [0, 0.1) is 5.92 Å². The zero-order chi connectivity index (χ0) is 13.5. The first-order chi connectivity index (χ1) is 9.28. The Hall–Kier alpha value is -1.28. The summed E-state index contributed by atoms with van der Waals surface area (Å²) in [6.45, 7) is 3.41. The Kier molecular flexibility index (Phi) is 5.46. The molecule has 0 radical (unpaired) electrons. The molecule has 1 N–H and O–H groups in total. The van der Waals surface area contributed by atoms with Gasteiger partial charge in [0, 0.05) is 6.04 Å². The Labute approximate surface area is 116 Å². The molecule has 104 valence electrons. The Morgan fingerprint density at radius 1 is 1.26 bits per heavy atom. The van der Waals surface area contributed by atoms with Crippen LogP contribution in [0.3, 0.4) is 0 Å². The number of ether oxygens (including phenoxy) is 1. The van der Waals surface area contributed by atoms with E-state index >= 15 is 0 Å². The molecular weight excluding hydrogens is 234 g/mol. The summed E-state index contributed by atoms with van der Waals surface area (Å²) in [5.74, 6) is 1.75. The van der Waals surface area contributed by atoms with Crippen LogP contribution in [-0.2, 0) is 6.42 Å². The highest BCUT2D eigenvalue weighted by Gasteiger charge is 2.11. The van der Waals surface area contributed by atoms with Crippen LogP contribution < -0.4 is 10.1 Å². The lowest BCUT2D eigenvalue weighted by Crippen LogP contribution is -2.33. The van der Waals surface area contributed by atoms with Gasteiger partial charge in [-0.2, -0.15) is 0 Å². The van der Waals surface area contributed by atoms with Crippen molar-refractivity contribution < 1.29 is 4.74 Å². The molecule has 0 heterocycles. The van der Waals surface area contributed by atoms with E-state index in [2.05, 4.69) is 36.5 Å². The minimum Gasteiger partial charge on any atom is -0.497 e. The van der Waals surface area contributed by atoms with E-state index in [-0.39, 0.29) is 0 Å². The Morgan fingerprint density at radius 2 is 2.05 bits per heavy atom. The molecule has 0 spiro atoms. The molecule has 0 amide bonds. The van der Waals surface area contributed by atoms with Gasteiger partial charge < -0.3 is 10.1 Å². The van der Waals surface area contributed by atoms with E-state index in [9.17, 15) is 0 Å². The lowest BCUT2D eigenvalue weighted by molar-refractivity contribution is 0.408. The third kappa shape index (κ3) is 4.71. The normalized spacial score (nSPS) is 20.2. The van der Waals surface area contributed by atoms with Crippen LogP contribution in [0.1, 0.15) is 31.7 Å². The average Bonchev–Trinajstić information content (AvgIpc) is 2.47. The highest BCUT2D eigenvalue weighted by molar-refractivity contribution is 5.27. The van der Waals surface area contributed by atoms with Gasteiger partial charge in [0.15, 0.2) is 0 Å². The molecule has 0 bridgehead atoms. The van der Waals surface area contributed by atoms with E-state index in [0.717, 1.165) is 24.6 Å². The topological polar surface area (TPSA) is 21.3 Å². The highest BCUT2D eigenvalue weighted by atomic mass is 16.5.